The minimum atomic E-state index is 0.162. The van der Waals surface area contributed by atoms with Crippen LogP contribution in [0.2, 0.25) is 5.31 Å². The number of hydrogen-bond donors (Lipinski definition) is 1. The molecule has 0 aliphatic heterocycles. The molecule has 18 heavy (non-hydrogen) atoms. The number of rotatable bonds is 0. The van der Waals surface area contributed by atoms with E-state index in [9.17, 15) is 4.79 Å². The number of aromatic nitrogens is 1. The summed E-state index contributed by atoms with van der Waals surface area (Å²) in [6.45, 7) is 6.98. The summed E-state index contributed by atoms with van der Waals surface area (Å²) in [5.74, 6) is 0. The van der Waals surface area contributed by atoms with Gasteiger partial charge in [-0.1, -0.05) is 27.2 Å². The molecule has 0 saturated carbocycles. The minimum absolute atomic E-state index is 0.162. The topological polar surface area (TPSA) is 32.9 Å². The monoisotopic (exact) mass is 261 g/mol. The Hall–Kier alpha value is -0.490. The number of hydrogen-bond acceptors (Lipinski definition) is 1. The first-order chi connectivity index (χ1) is 8.24. The molecule has 0 radical (unpaired) electrons. The molecule has 0 saturated heterocycles. The second kappa shape index (κ2) is 4.56. The Bertz CT molecular complexity index is 521. The van der Waals surface area contributed by atoms with Crippen molar-refractivity contribution in [2.45, 2.75) is 51.8 Å². The van der Waals surface area contributed by atoms with Crippen LogP contribution >= 0.6 is 8.35 Å². The van der Waals surface area contributed by atoms with Gasteiger partial charge in [0.25, 0.3) is 5.56 Å². The largest absolute Gasteiger partial charge is 0.305 e. The molecule has 1 heterocycles. The molecule has 0 spiro atoms. The van der Waals surface area contributed by atoms with E-state index in [1.54, 1.807) is 0 Å². The SMILES string of the molecule is Bc1p[nH]c(=O)c2c1CC(B)(C(C)(C)C)CCC2. The fourth-order valence-electron chi connectivity index (χ4n) is 2.90. The van der Waals surface area contributed by atoms with Crippen molar-refractivity contribution >= 4 is 29.2 Å². The van der Waals surface area contributed by atoms with E-state index in [1.165, 1.54) is 17.2 Å². The van der Waals surface area contributed by atoms with Crippen molar-refractivity contribution in [2.24, 2.45) is 5.41 Å². The summed E-state index contributed by atoms with van der Waals surface area (Å²) in [4.78, 5) is 12.0. The molecule has 0 fully saturated rings. The van der Waals surface area contributed by atoms with E-state index in [2.05, 4.69) is 41.2 Å². The van der Waals surface area contributed by atoms with Crippen LogP contribution in [-0.2, 0) is 12.8 Å². The highest BCUT2D eigenvalue weighted by Crippen LogP contribution is 2.50. The molecule has 0 bridgehead atoms. The molecule has 1 aliphatic rings. The third-order valence-corrected chi connectivity index (χ3v) is 5.85. The second-order valence-corrected chi connectivity index (χ2v) is 8.05. The van der Waals surface area contributed by atoms with Gasteiger partial charge in [-0.25, -0.2) is 0 Å². The number of nitrogens with one attached hydrogen (secondary N) is 1. The van der Waals surface area contributed by atoms with Crippen molar-refractivity contribution in [3.05, 3.63) is 21.5 Å². The zero-order valence-corrected chi connectivity index (χ0v) is 13.1. The summed E-state index contributed by atoms with van der Waals surface area (Å²) >= 11 is 0. The van der Waals surface area contributed by atoms with Gasteiger partial charge in [-0.3, -0.25) is 4.79 Å². The molecule has 96 valence electrons. The highest BCUT2D eigenvalue weighted by Gasteiger charge is 2.39. The molecular formula is C13H22B2NOP. The van der Waals surface area contributed by atoms with E-state index in [1.807, 2.05) is 0 Å². The predicted octanol–water partition coefficient (Wildman–Crippen LogP) is 0.930. The van der Waals surface area contributed by atoms with Gasteiger partial charge in [0.1, 0.15) is 15.7 Å². The summed E-state index contributed by atoms with van der Waals surface area (Å²) < 4.78 is 2.96. The van der Waals surface area contributed by atoms with Crippen molar-refractivity contribution in [1.82, 2.24) is 4.75 Å². The zero-order valence-electron chi connectivity index (χ0n) is 12.2. The summed E-state index contributed by atoms with van der Waals surface area (Å²) in [7, 11) is 5.53. The Balaban J connectivity index is 2.54. The summed E-state index contributed by atoms with van der Waals surface area (Å²) in [5, 5.41) is 1.63. The molecule has 0 aromatic carbocycles. The standard InChI is InChI=1S/C13H22B2NOP/c1-12(2,3)13(15)6-4-5-8-9(7-13)10(14)18-16-11(8)17/h4-7,14-15H2,1-3H3,(H,16,17). The third kappa shape index (κ3) is 2.32. The van der Waals surface area contributed by atoms with Crippen molar-refractivity contribution in [3.63, 3.8) is 0 Å². The molecule has 0 amide bonds. The summed E-state index contributed by atoms with van der Waals surface area (Å²) in [5.41, 5.74) is 2.84. The van der Waals surface area contributed by atoms with Crippen LogP contribution in [0.15, 0.2) is 4.79 Å². The van der Waals surface area contributed by atoms with Crippen LogP contribution in [0.1, 0.15) is 44.7 Å². The minimum Gasteiger partial charge on any atom is -0.305 e. The first-order valence-corrected chi connectivity index (χ1v) is 7.71. The lowest BCUT2D eigenvalue weighted by Crippen LogP contribution is -2.33. The van der Waals surface area contributed by atoms with Gasteiger partial charge in [-0.2, -0.15) is 0 Å². The van der Waals surface area contributed by atoms with Crippen molar-refractivity contribution in [1.29, 1.82) is 0 Å². The van der Waals surface area contributed by atoms with Gasteiger partial charge in [0.05, 0.1) is 0 Å². The Morgan fingerprint density at radius 2 is 2.00 bits per heavy atom. The smallest absolute Gasteiger partial charge is 0.254 e. The van der Waals surface area contributed by atoms with Gasteiger partial charge in [0.2, 0.25) is 0 Å². The molecule has 1 unspecified atom stereocenters. The van der Waals surface area contributed by atoms with Crippen molar-refractivity contribution in [2.75, 3.05) is 0 Å². The highest BCUT2D eigenvalue weighted by atomic mass is 31.0. The maximum absolute atomic E-state index is 12.0. The summed E-state index contributed by atoms with van der Waals surface area (Å²) in [6, 6.07) is 0. The quantitative estimate of drug-likeness (QED) is 0.547. The molecule has 1 N–H and O–H groups in total. The van der Waals surface area contributed by atoms with Gasteiger partial charge in [-0.15, -0.1) is 0 Å². The maximum atomic E-state index is 12.0. The molecule has 1 aromatic heterocycles. The van der Waals surface area contributed by atoms with Crippen LogP contribution < -0.4 is 10.8 Å². The van der Waals surface area contributed by atoms with E-state index in [-0.39, 0.29) is 11.0 Å². The van der Waals surface area contributed by atoms with E-state index < -0.39 is 0 Å². The van der Waals surface area contributed by atoms with E-state index in [0.29, 0.717) is 5.31 Å². The van der Waals surface area contributed by atoms with Crippen molar-refractivity contribution in [3.8, 4) is 0 Å². The Kier molecular flexibility index (Phi) is 3.53. The predicted molar refractivity (Wildman–Crippen MR) is 85.1 cm³/mol. The van der Waals surface area contributed by atoms with Crippen molar-refractivity contribution < 1.29 is 0 Å². The second-order valence-electron chi connectivity index (χ2n) is 6.94. The van der Waals surface area contributed by atoms with Crippen LogP contribution in [0.4, 0.5) is 0 Å². The van der Waals surface area contributed by atoms with E-state index >= 15 is 0 Å². The van der Waals surface area contributed by atoms with Crippen LogP contribution in [0, 0.1) is 5.41 Å². The first kappa shape index (κ1) is 13.9. The van der Waals surface area contributed by atoms with Crippen LogP contribution in [0.5, 0.6) is 0 Å². The number of aromatic amines is 1. The molecule has 2 rings (SSSR count). The normalized spacial score (nSPS) is 24.8. The van der Waals surface area contributed by atoms with Gasteiger partial charge >= 0.3 is 0 Å². The highest BCUT2D eigenvalue weighted by molar-refractivity contribution is 7.33. The maximum Gasteiger partial charge on any atom is 0.254 e. The van der Waals surface area contributed by atoms with Gasteiger partial charge in [-0.05, 0) is 40.7 Å². The fraction of sp³-hybridized carbons (Fsp3) is 0.692. The first-order valence-electron chi connectivity index (χ1n) is 6.82. The Morgan fingerprint density at radius 1 is 1.33 bits per heavy atom. The van der Waals surface area contributed by atoms with E-state index in [0.717, 1.165) is 33.2 Å². The fourth-order valence-corrected chi connectivity index (χ4v) is 3.65. The lowest BCUT2D eigenvalue weighted by Gasteiger charge is -2.42. The number of fused-ring (bicyclic) bond motifs is 1. The van der Waals surface area contributed by atoms with Gasteiger partial charge in [0.15, 0.2) is 0 Å². The van der Waals surface area contributed by atoms with E-state index in [4.69, 9.17) is 0 Å². The van der Waals surface area contributed by atoms with Crippen LogP contribution in [0.25, 0.3) is 0 Å². The molecule has 1 atom stereocenters. The molecule has 5 heteroatoms. The average molecular weight is 261 g/mol. The Morgan fingerprint density at radius 3 is 2.61 bits per heavy atom. The molecule has 2 nitrogen and oxygen atoms in total. The lowest BCUT2D eigenvalue weighted by atomic mass is 9.50. The molecular weight excluding hydrogens is 239 g/mol. The lowest BCUT2D eigenvalue weighted by molar-refractivity contribution is 0.245. The average Bonchev–Trinajstić information content (AvgIpc) is 2.44. The molecule has 1 aliphatic carbocycles. The zero-order chi connectivity index (χ0) is 13.6. The van der Waals surface area contributed by atoms with Crippen LogP contribution in [-0.4, -0.2) is 20.4 Å². The summed E-state index contributed by atoms with van der Waals surface area (Å²) in [6.07, 6.45) is 4.34. The third-order valence-electron chi connectivity index (χ3n) is 4.93. The number of H-pyrrole nitrogens is 1. The van der Waals surface area contributed by atoms with Gasteiger partial charge < -0.3 is 4.75 Å². The molecule has 1 aromatic rings. The van der Waals surface area contributed by atoms with Gasteiger partial charge in [0, 0.05) is 13.9 Å². The Labute approximate surface area is 113 Å². The van der Waals surface area contributed by atoms with Crippen LogP contribution in [0.3, 0.4) is 0 Å².